The number of hydrogen-bond donors (Lipinski definition) is 2. The first-order valence-corrected chi connectivity index (χ1v) is 8.82. The number of likely N-dealkylation sites (N-methyl/N-ethyl adjacent to an activating group) is 1. The maximum atomic E-state index is 13.1. The molecule has 2 aromatic carbocycles. The van der Waals surface area contributed by atoms with Gasteiger partial charge in [0.2, 0.25) is 0 Å². The molecule has 1 aromatic heterocycles. The van der Waals surface area contributed by atoms with Gasteiger partial charge in [-0.05, 0) is 50.3 Å². The first-order valence-electron chi connectivity index (χ1n) is 8.82. The van der Waals surface area contributed by atoms with E-state index in [-0.39, 0.29) is 17.8 Å². The van der Waals surface area contributed by atoms with Crippen molar-refractivity contribution in [1.82, 2.24) is 20.4 Å². The highest BCUT2D eigenvalue weighted by Gasteiger charge is 2.18. The van der Waals surface area contributed by atoms with Gasteiger partial charge in [0, 0.05) is 18.2 Å². The number of carbonyl (C=O) groups is 1. The normalized spacial score (nSPS) is 12.1. The summed E-state index contributed by atoms with van der Waals surface area (Å²) in [5, 5.41) is 9.80. The second kappa shape index (κ2) is 8.60. The standard InChI is InChI=1S/C21H23FN4O/c1-26(2)18(12-15-6-4-3-5-7-15)13-23-21(27)19-14-24-25-20(19)16-8-10-17(22)11-9-16/h3-11,14,18H,12-13H2,1-2H3,(H,23,27)(H,24,25)/t18-/m1/s1. The summed E-state index contributed by atoms with van der Waals surface area (Å²) in [7, 11) is 4.00. The Labute approximate surface area is 158 Å². The van der Waals surface area contributed by atoms with E-state index in [4.69, 9.17) is 0 Å². The van der Waals surface area contributed by atoms with E-state index in [9.17, 15) is 9.18 Å². The first-order chi connectivity index (χ1) is 13.0. The summed E-state index contributed by atoms with van der Waals surface area (Å²) in [5.41, 5.74) is 2.96. The Hall–Kier alpha value is -2.99. The van der Waals surface area contributed by atoms with Gasteiger partial charge in [0.25, 0.3) is 5.91 Å². The van der Waals surface area contributed by atoms with E-state index in [1.54, 1.807) is 12.1 Å². The lowest BCUT2D eigenvalue weighted by molar-refractivity contribution is 0.0942. The molecule has 0 aliphatic carbocycles. The van der Waals surface area contributed by atoms with E-state index in [2.05, 4.69) is 32.5 Å². The number of rotatable bonds is 7. The van der Waals surface area contributed by atoms with Gasteiger partial charge < -0.3 is 10.2 Å². The highest BCUT2D eigenvalue weighted by molar-refractivity contribution is 5.99. The van der Waals surface area contributed by atoms with Gasteiger partial charge in [0.15, 0.2) is 0 Å². The SMILES string of the molecule is CN(C)[C@@H](CNC(=O)c1cn[nH]c1-c1ccc(F)cc1)Cc1ccccc1. The van der Waals surface area contributed by atoms with Crippen LogP contribution in [0.3, 0.4) is 0 Å². The lowest BCUT2D eigenvalue weighted by atomic mass is 10.0. The average Bonchev–Trinajstić information content (AvgIpc) is 3.16. The third-order valence-corrected chi connectivity index (χ3v) is 4.56. The zero-order valence-corrected chi connectivity index (χ0v) is 15.4. The van der Waals surface area contributed by atoms with E-state index in [0.29, 0.717) is 23.4 Å². The molecule has 0 bridgehead atoms. The number of aromatic nitrogens is 2. The molecule has 140 valence electrons. The highest BCUT2D eigenvalue weighted by atomic mass is 19.1. The molecule has 0 saturated heterocycles. The number of nitrogens with zero attached hydrogens (tertiary/aromatic N) is 2. The fourth-order valence-electron chi connectivity index (χ4n) is 2.92. The summed E-state index contributed by atoms with van der Waals surface area (Å²) in [6.07, 6.45) is 2.33. The molecule has 0 fully saturated rings. The maximum Gasteiger partial charge on any atom is 0.255 e. The molecule has 2 N–H and O–H groups in total. The number of nitrogens with one attached hydrogen (secondary N) is 2. The minimum atomic E-state index is -0.320. The first kappa shape index (κ1) is 18.8. The van der Waals surface area contributed by atoms with Gasteiger partial charge in [-0.3, -0.25) is 9.89 Å². The molecule has 27 heavy (non-hydrogen) atoms. The molecule has 1 heterocycles. The van der Waals surface area contributed by atoms with Crippen molar-refractivity contribution in [2.45, 2.75) is 12.5 Å². The highest BCUT2D eigenvalue weighted by Crippen LogP contribution is 2.21. The summed E-state index contributed by atoms with van der Waals surface area (Å²) >= 11 is 0. The van der Waals surface area contributed by atoms with Crippen LogP contribution in [0.1, 0.15) is 15.9 Å². The summed E-state index contributed by atoms with van der Waals surface area (Å²) < 4.78 is 13.1. The third kappa shape index (κ3) is 4.80. The van der Waals surface area contributed by atoms with Gasteiger partial charge in [-0.25, -0.2) is 4.39 Å². The Morgan fingerprint density at radius 1 is 1.15 bits per heavy atom. The van der Waals surface area contributed by atoms with Crippen molar-refractivity contribution in [1.29, 1.82) is 0 Å². The zero-order valence-electron chi connectivity index (χ0n) is 15.4. The fourth-order valence-corrected chi connectivity index (χ4v) is 2.92. The molecule has 3 rings (SSSR count). The van der Waals surface area contributed by atoms with E-state index in [1.165, 1.54) is 23.9 Å². The lowest BCUT2D eigenvalue weighted by Crippen LogP contribution is -2.41. The number of amides is 1. The molecule has 1 atom stereocenters. The van der Waals surface area contributed by atoms with Crippen LogP contribution in [-0.4, -0.2) is 47.7 Å². The van der Waals surface area contributed by atoms with Crippen LogP contribution < -0.4 is 5.32 Å². The van der Waals surface area contributed by atoms with Crippen LogP contribution in [0.4, 0.5) is 4.39 Å². The summed E-state index contributed by atoms with van der Waals surface area (Å²) in [6.45, 7) is 0.509. The van der Waals surface area contributed by atoms with Gasteiger partial charge in [-0.15, -0.1) is 0 Å². The minimum Gasteiger partial charge on any atom is -0.350 e. The third-order valence-electron chi connectivity index (χ3n) is 4.56. The van der Waals surface area contributed by atoms with Crippen LogP contribution in [0.15, 0.2) is 60.8 Å². The Morgan fingerprint density at radius 2 is 1.85 bits per heavy atom. The van der Waals surface area contributed by atoms with E-state index >= 15 is 0 Å². The number of benzene rings is 2. The van der Waals surface area contributed by atoms with Crippen LogP contribution in [0.25, 0.3) is 11.3 Å². The Kier molecular flexibility index (Phi) is 5.98. The van der Waals surface area contributed by atoms with Crippen LogP contribution in [0, 0.1) is 5.82 Å². The second-order valence-corrected chi connectivity index (χ2v) is 6.68. The Balaban J connectivity index is 1.68. The largest absolute Gasteiger partial charge is 0.350 e. The summed E-state index contributed by atoms with van der Waals surface area (Å²) in [5.74, 6) is -0.526. The molecule has 0 radical (unpaired) electrons. The molecular weight excluding hydrogens is 343 g/mol. The molecule has 5 nitrogen and oxygen atoms in total. The molecule has 6 heteroatoms. The summed E-state index contributed by atoms with van der Waals surface area (Å²) in [4.78, 5) is 14.8. The van der Waals surface area contributed by atoms with E-state index in [0.717, 1.165) is 6.42 Å². The average molecular weight is 366 g/mol. The van der Waals surface area contributed by atoms with E-state index < -0.39 is 0 Å². The predicted octanol–water partition coefficient (Wildman–Crippen LogP) is 3.12. The number of H-pyrrole nitrogens is 1. The van der Waals surface area contributed by atoms with Gasteiger partial charge in [0.05, 0.1) is 17.5 Å². The van der Waals surface area contributed by atoms with E-state index in [1.807, 2.05) is 32.3 Å². The fraction of sp³-hybridized carbons (Fsp3) is 0.238. The topological polar surface area (TPSA) is 61.0 Å². The van der Waals surface area contributed by atoms with Gasteiger partial charge in [-0.2, -0.15) is 5.10 Å². The van der Waals surface area contributed by atoms with Crippen molar-refractivity contribution < 1.29 is 9.18 Å². The molecule has 0 saturated carbocycles. The minimum absolute atomic E-state index is 0.164. The van der Waals surface area contributed by atoms with Crippen molar-refractivity contribution in [3.63, 3.8) is 0 Å². The Bertz CT molecular complexity index is 875. The smallest absolute Gasteiger partial charge is 0.255 e. The van der Waals surface area contributed by atoms with Gasteiger partial charge in [0.1, 0.15) is 5.82 Å². The molecule has 0 aliphatic heterocycles. The van der Waals surface area contributed by atoms with Crippen LogP contribution >= 0.6 is 0 Å². The molecular formula is C21H23FN4O. The monoisotopic (exact) mass is 366 g/mol. The van der Waals surface area contributed by atoms with Gasteiger partial charge >= 0.3 is 0 Å². The van der Waals surface area contributed by atoms with Crippen LogP contribution in [0.2, 0.25) is 0 Å². The predicted molar refractivity (Wildman–Crippen MR) is 104 cm³/mol. The second-order valence-electron chi connectivity index (χ2n) is 6.68. The zero-order chi connectivity index (χ0) is 19.2. The molecule has 1 amide bonds. The molecule has 0 unspecified atom stereocenters. The molecule has 0 spiro atoms. The van der Waals surface area contributed by atoms with Crippen molar-refractivity contribution >= 4 is 5.91 Å². The number of carbonyl (C=O) groups excluding carboxylic acids is 1. The number of hydrogen-bond acceptors (Lipinski definition) is 3. The van der Waals surface area contributed by atoms with Gasteiger partial charge in [-0.1, -0.05) is 30.3 Å². The molecule has 3 aromatic rings. The molecule has 0 aliphatic rings. The van der Waals surface area contributed by atoms with Crippen molar-refractivity contribution in [2.24, 2.45) is 0 Å². The number of halogens is 1. The number of aromatic amines is 1. The maximum absolute atomic E-state index is 13.1. The van der Waals surface area contributed by atoms with Crippen molar-refractivity contribution in [3.05, 3.63) is 77.7 Å². The van der Waals surface area contributed by atoms with Crippen LogP contribution in [-0.2, 0) is 6.42 Å². The van der Waals surface area contributed by atoms with Crippen LogP contribution in [0.5, 0.6) is 0 Å². The quantitative estimate of drug-likeness (QED) is 0.675. The van der Waals surface area contributed by atoms with Crippen molar-refractivity contribution in [2.75, 3.05) is 20.6 Å². The lowest BCUT2D eigenvalue weighted by Gasteiger charge is -2.24. The summed E-state index contributed by atoms with van der Waals surface area (Å²) in [6, 6.07) is 16.3. The Morgan fingerprint density at radius 3 is 2.52 bits per heavy atom. The van der Waals surface area contributed by atoms with Crippen molar-refractivity contribution in [3.8, 4) is 11.3 Å².